The van der Waals surface area contributed by atoms with Crippen LogP contribution in [0.5, 0.6) is 5.75 Å². The molecule has 140 valence electrons. The number of carbonyl (C=O) groups excluding carboxylic acids is 1. The van der Waals surface area contributed by atoms with Crippen LogP contribution in [0.15, 0.2) is 48.8 Å². The molecule has 3 aromatic rings. The molecule has 2 heterocycles. The SMILES string of the molecule is C=C(CCOc1ccc(Nc2c(C(N)=O)nnc3[nH]ccc23)cc1)N(C)C. The molecule has 0 aliphatic carbocycles. The van der Waals surface area contributed by atoms with Crippen molar-refractivity contribution in [2.75, 3.05) is 26.0 Å². The van der Waals surface area contributed by atoms with E-state index in [1.54, 1.807) is 6.20 Å². The minimum Gasteiger partial charge on any atom is -0.493 e. The van der Waals surface area contributed by atoms with Gasteiger partial charge in [-0.25, -0.2) is 0 Å². The molecule has 27 heavy (non-hydrogen) atoms. The van der Waals surface area contributed by atoms with Gasteiger partial charge in [-0.05, 0) is 30.3 Å². The monoisotopic (exact) mass is 366 g/mol. The van der Waals surface area contributed by atoms with E-state index < -0.39 is 5.91 Å². The highest BCUT2D eigenvalue weighted by atomic mass is 16.5. The molecule has 0 aliphatic rings. The summed E-state index contributed by atoms with van der Waals surface area (Å²) in [4.78, 5) is 16.6. The Balaban J connectivity index is 1.73. The molecule has 0 saturated heterocycles. The van der Waals surface area contributed by atoms with Crippen molar-refractivity contribution < 1.29 is 9.53 Å². The van der Waals surface area contributed by atoms with Crippen LogP contribution in [0.1, 0.15) is 16.9 Å². The van der Waals surface area contributed by atoms with E-state index in [-0.39, 0.29) is 5.69 Å². The predicted molar refractivity (Wildman–Crippen MR) is 105 cm³/mol. The minimum absolute atomic E-state index is 0.0876. The first kappa shape index (κ1) is 18.2. The third kappa shape index (κ3) is 4.17. The van der Waals surface area contributed by atoms with Gasteiger partial charge in [-0.15, -0.1) is 10.2 Å². The van der Waals surface area contributed by atoms with Gasteiger partial charge in [0.05, 0.1) is 12.3 Å². The molecule has 0 bridgehead atoms. The van der Waals surface area contributed by atoms with Gasteiger partial charge in [-0.3, -0.25) is 4.79 Å². The van der Waals surface area contributed by atoms with Crippen molar-refractivity contribution in [2.24, 2.45) is 5.73 Å². The van der Waals surface area contributed by atoms with Crippen molar-refractivity contribution >= 4 is 28.3 Å². The number of carbonyl (C=O) groups is 1. The number of nitrogens with two attached hydrogens (primary N) is 1. The van der Waals surface area contributed by atoms with E-state index in [0.717, 1.165) is 28.9 Å². The Bertz CT molecular complexity index is 962. The topological polar surface area (TPSA) is 109 Å². The van der Waals surface area contributed by atoms with Gasteiger partial charge in [0.15, 0.2) is 11.3 Å². The largest absolute Gasteiger partial charge is 0.493 e. The molecule has 0 fully saturated rings. The Morgan fingerprint density at radius 1 is 1.26 bits per heavy atom. The molecular weight excluding hydrogens is 344 g/mol. The Labute approximate surface area is 157 Å². The molecular formula is C19H22N6O2. The number of aromatic nitrogens is 3. The fraction of sp³-hybridized carbons (Fsp3) is 0.211. The molecule has 3 rings (SSSR count). The number of hydrogen-bond acceptors (Lipinski definition) is 6. The molecule has 0 aliphatic heterocycles. The lowest BCUT2D eigenvalue weighted by atomic mass is 10.2. The zero-order chi connectivity index (χ0) is 19.4. The second-order valence-corrected chi connectivity index (χ2v) is 6.24. The van der Waals surface area contributed by atoms with E-state index in [1.807, 2.05) is 49.3 Å². The maximum atomic E-state index is 11.7. The van der Waals surface area contributed by atoms with Crippen molar-refractivity contribution in [1.29, 1.82) is 0 Å². The van der Waals surface area contributed by atoms with Crippen LogP contribution in [0.25, 0.3) is 11.0 Å². The van der Waals surface area contributed by atoms with Crippen LogP contribution >= 0.6 is 0 Å². The first-order valence-electron chi connectivity index (χ1n) is 8.44. The van der Waals surface area contributed by atoms with Crippen LogP contribution < -0.4 is 15.8 Å². The maximum Gasteiger partial charge on any atom is 0.271 e. The summed E-state index contributed by atoms with van der Waals surface area (Å²) >= 11 is 0. The lowest BCUT2D eigenvalue weighted by Gasteiger charge is -2.16. The summed E-state index contributed by atoms with van der Waals surface area (Å²) in [5.74, 6) is 0.107. The van der Waals surface area contributed by atoms with Gasteiger partial charge in [-0.1, -0.05) is 6.58 Å². The van der Waals surface area contributed by atoms with E-state index >= 15 is 0 Å². The highest BCUT2D eigenvalue weighted by Crippen LogP contribution is 2.28. The van der Waals surface area contributed by atoms with Gasteiger partial charge in [0.2, 0.25) is 0 Å². The van der Waals surface area contributed by atoms with E-state index in [2.05, 4.69) is 27.1 Å². The number of aromatic amines is 1. The molecule has 1 aromatic carbocycles. The molecule has 0 radical (unpaired) electrons. The first-order chi connectivity index (χ1) is 13.0. The van der Waals surface area contributed by atoms with E-state index in [1.165, 1.54) is 0 Å². The second kappa shape index (κ2) is 7.77. The summed E-state index contributed by atoms with van der Waals surface area (Å²) in [5, 5.41) is 11.8. The number of hydrogen-bond donors (Lipinski definition) is 3. The van der Waals surface area contributed by atoms with Crippen LogP contribution in [0, 0.1) is 0 Å². The van der Waals surface area contributed by atoms with Gasteiger partial charge in [0, 0.05) is 43.5 Å². The summed E-state index contributed by atoms with van der Waals surface area (Å²) in [5.41, 5.74) is 8.39. The number of H-pyrrole nitrogens is 1. The number of nitrogens with one attached hydrogen (secondary N) is 2. The number of benzene rings is 1. The van der Waals surface area contributed by atoms with Gasteiger partial charge < -0.3 is 25.7 Å². The molecule has 8 heteroatoms. The molecule has 0 unspecified atom stereocenters. The molecule has 0 spiro atoms. The van der Waals surface area contributed by atoms with Crippen molar-refractivity contribution in [3.8, 4) is 5.75 Å². The number of nitrogens with zero attached hydrogens (tertiary/aromatic N) is 3. The number of amides is 1. The normalized spacial score (nSPS) is 10.6. The van der Waals surface area contributed by atoms with Crippen molar-refractivity contribution in [1.82, 2.24) is 20.1 Å². The number of rotatable bonds is 8. The second-order valence-electron chi connectivity index (χ2n) is 6.24. The lowest BCUT2D eigenvalue weighted by molar-refractivity contribution is 0.0995. The van der Waals surface area contributed by atoms with Gasteiger partial charge in [0.1, 0.15) is 5.75 Å². The van der Waals surface area contributed by atoms with E-state index in [4.69, 9.17) is 10.5 Å². The maximum absolute atomic E-state index is 11.7. The van der Waals surface area contributed by atoms with Crippen LogP contribution in [0.4, 0.5) is 11.4 Å². The number of primary amides is 1. The number of fused-ring (bicyclic) bond motifs is 1. The molecule has 0 atom stereocenters. The Kier molecular flexibility index (Phi) is 5.25. The summed E-state index contributed by atoms with van der Waals surface area (Å²) in [6.45, 7) is 4.52. The molecule has 1 amide bonds. The standard InChI is InChI=1S/C19H22N6O2/c1-12(25(2)3)9-11-27-14-6-4-13(5-7-14)22-16-15-8-10-21-19(15)24-23-17(16)18(20)26/h4-8,10H,1,9,11H2,2-3H3,(H2,20,26)(H2,21,22,24). The molecule has 2 aromatic heterocycles. The summed E-state index contributed by atoms with van der Waals surface area (Å²) in [7, 11) is 3.91. The van der Waals surface area contributed by atoms with Crippen molar-refractivity contribution in [3.63, 3.8) is 0 Å². The van der Waals surface area contributed by atoms with Gasteiger partial charge in [-0.2, -0.15) is 0 Å². The Morgan fingerprint density at radius 2 is 2.00 bits per heavy atom. The van der Waals surface area contributed by atoms with E-state index in [0.29, 0.717) is 17.9 Å². The summed E-state index contributed by atoms with van der Waals surface area (Å²) in [6.07, 6.45) is 2.48. The highest BCUT2D eigenvalue weighted by Gasteiger charge is 2.16. The van der Waals surface area contributed by atoms with Gasteiger partial charge >= 0.3 is 0 Å². The minimum atomic E-state index is -0.644. The smallest absolute Gasteiger partial charge is 0.271 e. The van der Waals surface area contributed by atoms with Gasteiger partial charge in [0.25, 0.3) is 5.91 Å². The van der Waals surface area contributed by atoms with Crippen LogP contribution in [0.3, 0.4) is 0 Å². The molecule has 8 nitrogen and oxygen atoms in total. The van der Waals surface area contributed by atoms with Crippen LogP contribution in [-0.2, 0) is 0 Å². The van der Waals surface area contributed by atoms with E-state index in [9.17, 15) is 4.79 Å². The Morgan fingerprint density at radius 3 is 2.67 bits per heavy atom. The van der Waals surface area contributed by atoms with Crippen LogP contribution in [0.2, 0.25) is 0 Å². The average molecular weight is 366 g/mol. The number of anilines is 2. The molecule has 0 saturated carbocycles. The fourth-order valence-electron chi connectivity index (χ4n) is 2.51. The quantitative estimate of drug-likeness (QED) is 0.565. The van der Waals surface area contributed by atoms with Crippen LogP contribution in [-0.4, -0.2) is 46.7 Å². The fourth-order valence-corrected chi connectivity index (χ4v) is 2.51. The molecule has 4 N–H and O–H groups in total. The summed E-state index contributed by atoms with van der Waals surface area (Å²) < 4.78 is 5.74. The highest BCUT2D eigenvalue weighted by molar-refractivity contribution is 6.05. The summed E-state index contributed by atoms with van der Waals surface area (Å²) in [6, 6.07) is 9.24. The first-order valence-corrected chi connectivity index (χ1v) is 8.44. The zero-order valence-corrected chi connectivity index (χ0v) is 15.3. The third-order valence-corrected chi connectivity index (χ3v) is 4.13. The van der Waals surface area contributed by atoms with Crippen molar-refractivity contribution in [3.05, 3.63) is 54.5 Å². The Hall–Kier alpha value is -3.55. The predicted octanol–water partition coefficient (Wildman–Crippen LogP) is 2.64. The lowest BCUT2D eigenvalue weighted by Crippen LogP contribution is -2.16. The zero-order valence-electron chi connectivity index (χ0n) is 15.3. The van der Waals surface area contributed by atoms with Crippen molar-refractivity contribution in [2.45, 2.75) is 6.42 Å². The average Bonchev–Trinajstić information content (AvgIpc) is 3.12. The third-order valence-electron chi connectivity index (χ3n) is 4.13. The number of ether oxygens (including phenoxy) is 1.